The molecule has 0 N–H and O–H groups in total. The molecule has 0 bridgehead atoms. The number of ketones is 2. The van der Waals surface area contributed by atoms with E-state index < -0.39 is 5.79 Å². The molecule has 0 fully saturated rings. The van der Waals surface area contributed by atoms with Crippen LogP contribution in [0, 0.1) is 0 Å². The lowest BCUT2D eigenvalue weighted by molar-refractivity contribution is -0.212. The first-order chi connectivity index (χ1) is 10.9. The van der Waals surface area contributed by atoms with Gasteiger partial charge in [0, 0.05) is 27.1 Å². The lowest BCUT2D eigenvalue weighted by Gasteiger charge is -2.26. The van der Waals surface area contributed by atoms with Crippen molar-refractivity contribution in [1.82, 2.24) is 0 Å². The quantitative estimate of drug-likeness (QED) is 0.332. The lowest BCUT2D eigenvalue weighted by Crippen LogP contribution is -2.31. The molecule has 0 spiro atoms. The number of carbonyl (C=O) groups excluding carboxylic acids is 2. The molecule has 1 atom stereocenters. The van der Waals surface area contributed by atoms with Gasteiger partial charge >= 0.3 is 0 Å². The van der Waals surface area contributed by atoms with Crippen molar-refractivity contribution in [3.05, 3.63) is 23.8 Å². The van der Waals surface area contributed by atoms with Crippen LogP contribution in [0.25, 0.3) is 0 Å². The van der Waals surface area contributed by atoms with Gasteiger partial charge in [0.05, 0.1) is 6.10 Å². The fourth-order valence-electron chi connectivity index (χ4n) is 2.34. The highest BCUT2D eigenvalue weighted by atomic mass is 16.7. The molecule has 0 aromatic heterocycles. The molecule has 1 aliphatic carbocycles. The van der Waals surface area contributed by atoms with Gasteiger partial charge in [0.2, 0.25) is 0 Å². The summed E-state index contributed by atoms with van der Waals surface area (Å²) >= 11 is 0. The molecule has 130 valence electrons. The number of hydrogen-bond acceptors (Lipinski definition) is 5. The fraction of sp³-hybridized carbons (Fsp3) is 0.667. The molecule has 0 aliphatic heterocycles. The zero-order valence-electron chi connectivity index (χ0n) is 14.6. The van der Waals surface area contributed by atoms with E-state index in [1.165, 1.54) is 7.11 Å². The maximum atomic E-state index is 12.0. The van der Waals surface area contributed by atoms with E-state index >= 15 is 0 Å². The second kappa shape index (κ2) is 9.75. The van der Waals surface area contributed by atoms with E-state index in [-0.39, 0.29) is 24.3 Å². The number of allylic oxidation sites excluding steroid dienone is 3. The Kier molecular flexibility index (Phi) is 8.37. The first-order valence-corrected chi connectivity index (χ1v) is 8.00. The van der Waals surface area contributed by atoms with Crippen molar-refractivity contribution in [3.63, 3.8) is 0 Å². The maximum absolute atomic E-state index is 12.0. The Labute approximate surface area is 138 Å². The zero-order chi connectivity index (χ0) is 17.3. The molecule has 0 amide bonds. The van der Waals surface area contributed by atoms with Crippen molar-refractivity contribution in [2.75, 3.05) is 20.8 Å². The summed E-state index contributed by atoms with van der Waals surface area (Å²) < 4.78 is 15.7. The molecule has 1 aliphatic rings. The van der Waals surface area contributed by atoms with E-state index in [0.717, 1.165) is 18.4 Å². The third-order valence-electron chi connectivity index (χ3n) is 3.69. The largest absolute Gasteiger partial charge is 0.377 e. The van der Waals surface area contributed by atoms with Crippen LogP contribution in [-0.2, 0) is 23.8 Å². The molecule has 0 saturated carbocycles. The van der Waals surface area contributed by atoms with Crippen LogP contribution in [0.3, 0.4) is 0 Å². The zero-order valence-corrected chi connectivity index (χ0v) is 14.6. The number of rotatable bonds is 11. The molecule has 0 heterocycles. The van der Waals surface area contributed by atoms with Crippen molar-refractivity contribution >= 4 is 11.6 Å². The molecule has 1 unspecified atom stereocenters. The van der Waals surface area contributed by atoms with Crippen molar-refractivity contribution in [1.29, 1.82) is 0 Å². The standard InChI is InChI=1S/C18H28O5/c1-18(2,22-4)23-16-11-14(17(20)12-16)9-7-5-6-8-10-15(19)13-21-3/h5,7,11,16H,6,8-10,12-13H2,1-4H3. The average Bonchev–Trinajstić information content (AvgIpc) is 2.82. The van der Waals surface area contributed by atoms with Gasteiger partial charge in [0.15, 0.2) is 17.4 Å². The Morgan fingerprint density at radius 1 is 1.35 bits per heavy atom. The van der Waals surface area contributed by atoms with Crippen LogP contribution < -0.4 is 0 Å². The number of carbonyl (C=O) groups is 2. The molecule has 0 aromatic rings. The monoisotopic (exact) mass is 324 g/mol. The van der Waals surface area contributed by atoms with Gasteiger partial charge in [-0.25, -0.2) is 0 Å². The van der Waals surface area contributed by atoms with Crippen LogP contribution in [0.5, 0.6) is 0 Å². The maximum Gasteiger partial charge on any atom is 0.163 e. The molecule has 1 rings (SSSR count). The van der Waals surface area contributed by atoms with Gasteiger partial charge in [-0.2, -0.15) is 0 Å². The van der Waals surface area contributed by atoms with Crippen LogP contribution in [0.15, 0.2) is 23.8 Å². The second-order valence-electron chi connectivity index (χ2n) is 6.12. The van der Waals surface area contributed by atoms with Crippen LogP contribution in [-0.4, -0.2) is 44.3 Å². The van der Waals surface area contributed by atoms with Crippen LogP contribution in [0.4, 0.5) is 0 Å². The van der Waals surface area contributed by atoms with E-state index in [9.17, 15) is 9.59 Å². The summed E-state index contributed by atoms with van der Waals surface area (Å²) in [6.45, 7) is 3.84. The summed E-state index contributed by atoms with van der Waals surface area (Å²) in [5.41, 5.74) is 0.786. The summed E-state index contributed by atoms with van der Waals surface area (Å²) in [6, 6.07) is 0. The van der Waals surface area contributed by atoms with Crippen LogP contribution in [0.2, 0.25) is 0 Å². The third-order valence-corrected chi connectivity index (χ3v) is 3.69. The number of hydrogen-bond donors (Lipinski definition) is 0. The van der Waals surface area contributed by atoms with Gasteiger partial charge in [-0.1, -0.05) is 12.2 Å². The van der Waals surface area contributed by atoms with Gasteiger partial charge in [-0.3, -0.25) is 9.59 Å². The van der Waals surface area contributed by atoms with Gasteiger partial charge < -0.3 is 14.2 Å². The first kappa shape index (κ1) is 19.7. The van der Waals surface area contributed by atoms with E-state index in [0.29, 0.717) is 19.3 Å². The summed E-state index contributed by atoms with van der Waals surface area (Å²) in [5.74, 6) is -0.446. The highest BCUT2D eigenvalue weighted by molar-refractivity contribution is 5.98. The normalized spacial score (nSPS) is 18.7. The summed E-state index contributed by atoms with van der Waals surface area (Å²) in [5, 5.41) is 0. The van der Waals surface area contributed by atoms with E-state index in [2.05, 4.69) is 0 Å². The minimum Gasteiger partial charge on any atom is -0.377 e. The summed E-state index contributed by atoms with van der Waals surface area (Å²) in [7, 11) is 3.11. The Bertz CT molecular complexity index is 462. The Morgan fingerprint density at radius 2 is 2.09 bits per heavy atom. The second-order valence-corrected chi connectivity index (χ2v) is 6.12. The molecular formula is C18H28O5. The average molecular weight is 324 g/mol. The minimum atomic E-state index is -0.693. The number of ether oxygens (including phenoxy) is 3. The highest BCUT2D eigenvalue weighted by Crippen LogP contribution is 2.25. The number of Topliss-reactive ketones (excluding diaryl/α,β-unsaturated/α-hetero) is 2. The number of unbranched alkanes of at least 4 members (excludes halogenated alkanes) is 1. The van der Waals surface area contributed by atoms with Crippen molar-refractivity contribution in [2.24, 2.45) is 0 Å². The lowest BCUT2D eigenvalue weighted by atomic mass is 10.1. The van der Waals surface area contributed by atoms with Gasteiger partial charge in [0.25, 0.3) is 0 Å². The van der Waals surface area contributed by atoms with Gasteiger partial charge in [-0.15, -0.1) is 0 Å². The smallest absolute Gasteiger partial charge is 0.163 e. The Balaban J connectivity index is 2.32. The van der Waals surface area contributed by atoms with Crippen molar-refractivity contribution in [2.45, 2.75) is 57.8 Å². The topological polar surface area (TPSA) is 61.8 Å². The molecule has 23 heavy (non-hydrogen) atoms. The SMILES string of the molecule is COCC(=O)CCCC=CCC1=CC(OC(C)(C)OC)CC1=O. The summed E-state index contributed by atoms with van der Waals surface area (Å²) in [4.78, 5) is 23.2. The van der Waals surface area contributed by atoms with E-state index in [4.69, 9.17) is 14.2 Å². The fourth-order valence-corrected chi connectivity index (χ4v) is 2.34. The van der Waals surface area contributed by atoms with Gasteiger partial charge in [-0.05, 0) is 44.8 Å². The van der Waals surface area contributed by atoms with Crippen molar-refractivity contribution in [3.8, 4) is 0 Å². The predicted molar refractivity (Wildman–Crippen MR) is 88.2 cm³/mol. The van der Waals surface area contributed by atoms with Crippen LogP contribution in [0.1, 0.15) is 46.0 Å². The minimum absolute atomic E-state index is 0.121. The Hall–Kier alpha value is -1.30. The molecule has 0 aromatic carbocycles. The first-order valence-electron chi connectivity index (χ1n) is 8.00. The highest BCUT2D eigenvalue weighted by Gasteiger charge is 2.29. The molecule has 5 nitrogen and oxygen atoms in total. The number of methoxy groups -OCH3 is 2. The molecule has 0 radical (unpaired) electrons. The van der Waals surface area contributed by atoms with Crippen LogP contribution >= 0.6 is 0 Å². The third kappa shape index (κ3) is 7.68. The van der Waals surface area contributed by atoms with E-state index in [1.807, 2.05) is 32.1 Å². The summed E-state index contributed by atoms with van der Waals surface area (Å²) in [6.07, 6.45) is 8.81. The predicted octanol–water partition coefficient (Wildman–Crippen LogP) is 2.99. The van der Waals surface area contributed by atoms with E-state index in [1.54, 1.807) is 7.11 Å². The molecular weight excluding hydrogens is 296 g/mol. The van der Waals surface area contributed by atoms with Gasteiger partial charge in [0.1, 0.15) is 6.61 Å². The Morgan fingerprint density at radius 3 is 2.74 bits per heavy atom. The molecule has 0 saturated heterocycles. The van der Waals surface area contributed by atoms with Crippen molar-refractivity contribution < 1.29 is 23.8 Å². The molecule has 5 heteroatoms.